The van der Waals surface area contributed by atoms with E-state index in [0.717, 1.165) is 18.8 Å². The highest BCUT2D eigenvalue weighted by Gasteiger charge is 2.24. The molecule has 2 nitrogen and oxygen atoms in total. The third-order valence-electron chi connectivity index (χ3n) is 4.80. The first-order valence-corrected chi connectivity index (χ1v) is 8.69. The number of methoxy groups -OCH3 is 1. The first-order chi connectivity index (χ1) is 9.81. The Hall–Kier alpha value is -0.540. The van der Waals surface area contributed by atoms with E-state index < -0.39 is 0 Å². The van der Waals surface area contributed by atoms with Crippen molar-refractivity contribution in [3.8, 4) is 5.75 Å². The Labute approximate surface area is 130 Å². The van der Waals surface area contributed by atoms with E-state index in [9.17, 15) is 0 Å². The summed E-state index contributed by atoms with van der Waals surface area (Å²) < 4.78 is 7.00. The van der Waals surface area contributed by atoms with Crippen molar-refractivity contribution >= 4 is 15.9 Å². The van der Waals surface area contributed by atoms with Gasteiger partial charge < -0.3 is 10.1 Å². The van der Waals surface area contributed by atoms with E-state index in [4.69, 9.17) is 4.74 Å². The number of aryl methyl sites for hydroxylation is 1. The van der Waals surface area contributed by atoms with Gasteiger partial charge >= 0.3 is 0 Å². The molecule has 0 aromatic heterocycles. The van der Waals surface area contributed by atoms with Crippen LogP contribution in [-0.2, 0) is 12.8 Å². The minimum atomic E-state index is 0.649. The summed E-state index contributed by atoms with van der Waals surface area (Å²) in [7, 11) is 1.81. The quantitative estimate of drug-likeness (QED) is 0.817. The lowest BCUT2D eigenvalue weighted by atomic mass is 9.86. The van der Waals surface area contributed by atoms with E-state index in [1.54, 1.807) is 5.56 Å². The Kier molecular flexibility index (Phi) is 4.67. The van der Waals surface area contributed by atoms with Crippen molar-refractivity contribution in [2.45, 2.75) is 50.9 Å². The molecule has 1 aliphatic carbocycles. The second-order valence-electron chi connectivity index (χ2n) is 6.04. The number of hydrogen-bond donors (Lipinski definition) is 1. The van der Waals surface area contributed by atoms with Crippen LogP contribution in [0.15, 0.2) is 10.5 Å². The summed E-state index contributed by atoms with van der Waals surface area (Å²) in [5.41, 5.74) is 4.49. The Morgan fingerprint density at radius 3 is 2.65 bits per heavy atom. The average Bonchev–Trinajstić information content (AvgIpc) is 2.73. The summed E-state index contributed by atoms with van der Waals surface area (Å²) >= 11 is 3.84. The number of nitrogens with one attached hydrogen (secondary N) is 1. The van der Waals surface area contributed by atoms with Gasteiger partial charge in [0, 0.05) is 0 Å². The van der Waals surface area contributed by atoms with Crippen LogP contribution in [0.5, 0.6) is 5.75 Å². The molecular weight excluding hydrogens is 314 g/mol. The lowest BCUT2D eigenvalue weighted by Gasteiger charge is -2.27. The van der Waals surface area contributed by atoms with Gasteiger partial charge in [0.2, 0.25) is 0 Å². The summed E-state index contributed by atoms with van der Waals surface area (Å²) in [6.45, 7) is 2.26. The van der Waals surface area contributed by atoms with Gasteiger partial charge in [-0.25, -0.2) is 0 Å². The van der Waals surface area contributed by atoms with Gasteiger partial charge in [0.05, 0.1) is 11.6 Å². The van der Waals surface area contributed by atoms with Crippen LogP contribution in [0.4, 0.5) is 0 Å². The maximum atomic E-state index is 5.77. The number of fused-ring (bicyclic) bond motifs is 1. The number of hydrogen-bond acceptors (Lipinski definition) is 2. The molecule has 0 amide bonds. The molecule has 0 bridgehead atoms. The van der Waals surface area contributed by atoms with Gasteiger partial charge in [-0.3, -0.25) is 0 Å². The zero-order chi connectivity index (χ0) is 13.9. The first-order valence-electron chi connectivity index (χ1n) is 7.90. The van der Waals surface area contributed by atoms with Gasteiger partial charge in [0.25, 0.3) is 0 Å². The van der Waals surface area contributed by atoms with Gasteiger partial charge in [-0.2, -0.15) is 0 Å². The molecule has 1 saturated heterocycles. The molecule has 1 aromatic carbocycles. The summed E-state index contributed by atoms with van der Waals surface area (Å²) in [5, 5.41) is 3.46. The summed E-state index contributed by atoms with van der Waals surface area (Å²) in [5.74, 6) is 1.74. The van der Waals surface area contributed by atoms with E-state index in [-0.39, 0.29) is 0 Å². The van der Waals surface area contributed by atoms with Crippen LogP contribution >= 0.6 is 15.9 Å². The maximum absolute atomic E-state index is 5.77. The first kappa shape index (κ1) is 14.4. The molecule has 0 atom stereocenters. The molecule has 0 spiro atoms. The van der Waals surface area contributed by atoms with Crippen LogP contribution in [0, 0.1) is 0 Å². The van der Waals surface area contributed by atoms with Crippen LogP contribution in [0.2, 0.25) is 0 Å². The van der Waals surface area contributed by atoms with Crippen molar-refractivity contribution < 1.29 is 4.74 Å². The van der Waals surface area contributed by atoms with Crippen LogP contribution in [0.25, 0.3) is 0 Å². The Morgan fingerprint density at radius 1 is 1.15 bits per heavy atom. The van der Waals surface area contributed by atoms with Crippen LogP contribution in [-0.4, -0.2) is 20.2 Å². The molecule has 3 rings (SSSR count). The van der Waals surface area contributed by atoms with Crippen LogP contribution in [0.1, 0.15) is 54.7 Å². The molecule has 1 aromatic rings. The normalized spacial score (nSPS) is 20.3. The molecule has 0 unspecified atom stereocenters. The van der Waals surface area contributed by atoms with Crippen molar-refractivity contribution in [3.63, 3.8) is 0 Å². The fraction of sp³-hybridized carbons (Fsp3) is 0.647. The Balaban J connectivity index is 2.04. The number of rotatable bonds is 2. The fourth-order valence-corrected chi connectivity index (χ4v) is 4.52. The topological polar surface area (TPSA) is 21.3 Å². The number of halogens is 1. The zero-order valence-corrected chi connectivity index (χ0v) is 13.9. The van der Waals surface area contributed by atoms with Crippen molar-refractivity contribution in [2.75, 3.05) is 20.2 Å². The summed E-state index contributed by atoms with van der Waals surface area (Å²) in [4.78, 5) is 0. The van der Waals surface area contributed by atoms with E-state index in [0.29, 0.717) is 5.92 Å². The molecule has 1 heterocycles. The molecule has 0 radical (unpaired) electrons. The molecule has 1 aliphatic heterocycles. The molecule has 3 heteroatoms. The predicted molar refractivity (Wildman–Crippen MR) is 86.8 cm³/mol. The van der Waals surface area contributed by atoms with Crippen LogP contribution < -0.4 is 10.1 Å². The number of piperidine rings is 1. The van der Waals surface area contributed by atoms with Gasteiger partial charge in [0.1, 0.15) is 5.75 Å². The zero-order valence-electron chi connectivity index (χ0n) is 12.3. The Bertz CT molecular complexity index is 480. The Morgan fingerprint density at radius 2 is 1.90 bits per heavy atom. The number of ether oxygens (including phenoxy) is 1. The lowest BCUT2D eigenvalue weighted by molar-refractivity contribution is 0.388. The SMILES string of the molecule is COc1c(C2CCNCC2)cc2c(c1Br)CCCCC2. The molecule has 1 fully saturated rings. The smallest absolute Gasteiger partial charge is 0.136 e. The van der Waals surface area contributed by atoms with E-state index in [2.05, 4.69) is 27.3 Å². The van der Waals surface area contributed by atoms with Crippen molar-refractivity contribution in [3.05, 3.63) is 27.2 Å². The second-order valence-corrected chi connectivity index (χ2v) is 6.83. The maximum Gasteiger partial charge on any atom is 0.136 e. The average molecular weight is 338 g/mol. The van der Waals surface area contributed by atoms with Gasteiger partial charge in [-0.15, -0.1) is 0 Å². The highest BCUT2D eigenvalue weighted by atomic mass is 79.9. The number of benzene rings is 1. The van der Waals surface area contributed by atoms with Gasteiger partial charge in [-0.05, 0) is 90.2 Å². The van der Waals surface area contributed by atoms with Gasteiger partial charge in [-0.1, -0.05) is 12.5 Å². The third-order valence-corrected chi connectivity index (χ3v) is 5.64. The van der Waals surface area contributed by atoms with Crippen molar-refractivity contribution in [1.29, 1.82) is 0 Å². The molecule has 1 N–H and O–H groups in total. The third kappa shape index (κ3) is 2.75. The van der Waals surface area contributed by atoms with E-state index in [1.807, 2.05) is 7.11 Å². The molecule has 110 valence electrons. The standard InChI is InChI=1S/C17H24BrNO/c1-20-17-15(12-7-9-19-10-8-12)11-13-5-3-2-4-6-14(13)16(17)18/h11-12,19H,2-10H2,1H3. The highest BCUT2D eigenvalue weighted by Crippen LogP contribution is 2.42. The largest absolute Gasteiger partial charge is 0.495 e. The van der Waals surface area contributed by atoms with Crippen molar-refractivity contribution in [1.82, 2.24) is 5.32 Å². The molecule has 0 saturated carbocycles. The minimum Gasteiger partial charge on any atom is -0.495 e. The second kappa shape index (κ2) is 6.48. The summed E-state index contributed by atoms with van der Waals surface area (Å²) in [6, 6.07) is 2.46. The van der Waals surface area contributed by atoms with Gasteiger partial charge in [0.15, 0.2) is 0 Å². The molecule has 2 aliphatic rings. The summed E-state index contributed by atoms with van der Waals surface area (Å²) in [6.07, 6.45) is 8.86. The highest BCUT2D eigenvalue weighted by molar-refractivity contribution is 9.10. The molecule has 20 heavy (non-hydrogen) atoms. The van der Waals surface area contributed by atoms with Crippen molar-refractivity contribution in [2.24, 2.45) is 0 Å². The van der Waals surface area contributed by atoms with E-state index in [1.165, 1.54) is 60.5 Å². The minimum absolute atomic E-state index is 0.649. The van der Waals surface area contributed by atoms with Crippen LogP contribution in [0.3, 0.4) is 0 Å². The fourth-order valence-electron chi connectivity index (χ4n) is 3.68. The van der Waals surface area contributed by atoms with E-state index >= 15 is 0 Å². The predicted octanol–water partition coefficient (Wildman–Crippen LogP) is 4.19. The molecular formula is C17H24BrNO. The lowest BCUT2D eigenvalue weighted by Crippen LogP contribution is -2.27. The monoisotopic (exact) mass is 337 g/mol.